The number of phosphoric acid groups is 1. The van der Waals surface area contributed by atoms with Gasteiger partial charge in [0.15, 0.2) is 11.5 Å². The number of hydrogen-bond donors (Lipinski definition) is 3. The minimum absolute atomic E-state index is 0.155. The number of nitrogens with zero attached hydrogens (tertiary/aromatic N) is 5. The van der Waals surface area contributed by atoms with Crippen LogP contribution in [0.1, 0.15) is 19.5 Å². The van der Waals surface area contributed by atoms with E-state index < -0.39 is 24.9 Å². The van der Waals surface area contributed by atoms with Crippen LogP contribution in [0.3, 0.4) is 0 Å². The lowest BCUT2D eigenvalue weighted by Crippen LogP contribution is -2.41. The van der Waals surface area contributed by atoms with Gasteiger partial charge in [-0.05, 0) is 0 Å². The highest BCUT2D eigenvalue weighted by molar-refractivity contribution is 14.1. The van der Waals surface area contributed by atoms with Crippen molar-refractivity contribution in [2.75, 3.05) is 12.3 Å². The molecule has 0 saturated carbocycles. The SMILES string of the molecule is CC1(C)[C@H](I)[C@@H](COP(=O)(O)O)O[C@@]1(C#N)c1cnc2c(N)ncnn12. The Bertz CT molecular complexity index is 939. The van der Waals surface area contributed by atoms with Crippen LogP contribution >= 0.6 is 30.4 Å². The van der Waals surface area contributed by atoms with Crippen molar-refractivity contribution in [1.29, 1.82) is 5.26 Å². The van der Waals surface area contributed by atoms with Crippen LogP contribution in [0.5, 0.6) is 0 Å². The molecule has 3 rings (SSSR count). The lowest BCUT2D eigenvalue weighted by Gasteiger charge is -2.34. The second kappa shape index (κ2) is 6.36. The Kier molecular flexibility index (Phi) is 4.75. The van der Waals surface area contributed by atoms with Gasteiger partial charge in [-0.15, -0.1) is 0 Å². The van der Waals surface area contributed by atoms with Crippen molar-refractivity contribution in [1.82, 2.24) is 19.6 Å². The van der Waals surface area contributed by atoms with Crippen molar-refractivity contribution >= 4 is 41.9 Å². The molecule has 2 aromatic rings. The maximum absolute atomic E-state index is 11.0. The second-order valence-corrected chi connectivity index (χ2v) is 8.96. The first-order chi connectivity index (χ1) is 12.0. The van der Waals surface area contributed by atoms with Crippen LogP contribution in [0.15, 0.2) is 12.5 Å². The summed E-state index contributed by atoms with van der Waals surface area (Å²) >= 11 is 2.10. The van der Waals surface area contributed by atoms with Gasteiger partial charge in [0.25, 0.3) is 0 Å². The number of halogens is 1. The lowest BCUT2D eigenvalue weighted by molar-refractivity contribution is -0.0589. The third-order valence-electron chi connectivity index (χ3n) is 4.51. The standard InChI is InChI=1S/C13H16IN6O5P/c1-12(2)9(14)7(4-24-26(21,22)23)25-13(12,5-15)8-3-17-11-10(16)18-6-19-20(8)11/h3,6-7,9H,4H2,1-2H3,(H2,16,18,19)(H2,21,22,23)/t7-,9-,13+/m1/s1. The largest absolute Gasteiger partial charge is 0.469 e. The van der Waals surface area contributed by atoms with E-state index in [2.05, 4.69) is 48.3 Å². The number of ether oxygens (including phenoxy) is 1. The van der Waals surface area contributed by atoms with Gasteiger partial charge in [-0.2, -0.15) is 10.4 Å². The highest BCUT2D eigenvalue weighted by Crippen LogP contribution is 2.56. The molecule has 0 unspecified atom stereocenters. The van der Waals surface area contributed by atoms with Crippen molar-refractivity contribution in [2.24, 2.45) is 5.41 Å². The molecule has 0 aliphatic carbocycles. The normalized spacial score (nSPS) is 28.3. The van der Waals surface area contributed by atoms with Crippen LogP contribution in [0.25, 0.3) is 5.65 Å². The van der Waals surface area contributed by atoms with Crippen LogP contribution in [-0.4, -0.2) is 46.0 Å². The molecular weight excluding hydrogens is 478 g/mol. The van der Waals surface area contributed by atoms with E-state index in [9.17, 15) is 9.83 Å². The number of nitriles is 1. The number of aromatic nitrogens is 4. The van der Waals surface area contributed by atoms with Gasteiger partial charge in [0.05, 0.1) is 18.9 Å². The van der Waals surface area contributed by atoms with E-state index in [1.807, 2.05) is 13.8 Å². The minimum atomic E-state index is -4.66. The van der Waals surface area contributed by atoms with Gasteiger partial charge in [0.1, 0.15) is 18.1 Å². The Morgan fingerprint density at radius 2 is 2.23 bits per heavy atom. The van der Waals surface area contributed by atoms with E-state index >= 15 is 0 Å². The number of nitrogen functional groups attached to an aromatic ring is 1. The van der Waals surface area contributed by atoms with Crippen molar-refractivity contribution in [2.45, 2.75) is 29.5 Å². The van der Waals surface area contributed by atoms with Crippen LogP contribution < -0.4 is 5.73 Å². The lowest BCUT2D eigenvalue weighted by atomic mass is 9.73. The summed E-state index contributed by atoms with van der Waals surface area (Å²) in [7, 11) is -4.66. The Morgan fingerprint density at radius 1 is 1.54 bits per heavy atom. The van der Waals surface area contributed by atoms with Gasteiger partial charge >= 0.3 is 7.82 Å². The monoisotopic (exact) mass is 494 g/mol. The van der Waals surface area contributed by atoms with Crippen molar-refractivity contribution in [3.05, 3.63) is 18.2 Å². The molecule has 2 aromatic heterocycles. The summed E-state index contributed by atoms with van der Waals surface area (Å²) in [6, 6.07) is 2.20. The molecular formula is C13H16IN6O5P. The third kappa shape index (κ3) is 2.88. The summed E-state index contributed by atoms with van der Waals surface area (Å²) < 4.78 is 22.7. The molecule has 1 fully saturated rings. The minimum Gasteiger partial charge on any atom is -0.381 e. The van der Waals surface area contributed by atoms with Crippen molar-refractivity contribution in [3.8, 4) is 6.07 Å². The van der Waals surface area contributed by atoms with Crippen LogP contribution in [-0.2, 0) is 19.4 Å². The maximum atomic E-state index is 11.0. The third-order valence-corrected chi connectivity index (χ3v) is 7.35. The number of alkyl halides is 1. The number of imidazole rings is 1. The van der Waals surface area contributed by atoms with Crippen LogP contribution in [0, 0.1) is 16.7 Å². The summed E-state index contributed by atoms with van der Waals surface area (Å²) in [6.07, 6.45) is 1.96. The van der Waals surface area contributed by atoms with Gasteiger partial charge in [0.2, 0.25) is 5.60 Å². The quantitative estimate of drug-likeness (QED) is 0.314. The molecule has 1 saturated heterocycles. The van der Waals surface area contributed by atoms with E-state index in [0.29, 0.717) is 5.69 Å². The fourth-order valence-corrected chi connectivity index (χ4v) is 4.21. The molecule has 1 aliphatic rings. The zero-order valence-corrected chi connectivity index (χ0v) is 16.8. The fourth-order valence-electron chi connectivity index (χ4n) is 3.08. The first-order valence-corrected chi connectivity index (χ1v) is 10.2. The predicted molar refractivity (Wildman–Crippen MR) is 96.9 cm³/mol. The Labute approximate surface area is 161 Å². The summed E-state index contributed by atoms with van der Waals surface area (Å²) in [5.74, 6) is 0.155. The highest BCUT2D eigenvalue weighted by atomic mass is 127. The molecule has 0 radical (unpaired) electrons. The summed E-state index contributed by atoms with van der Waals surface area (Å²) in [4.78, 5) is 26.0. The van der Waals surface area contributed by atoms with Crippen LogP contribution in [0.4, 0.5) is 5.82 Å². The van der Waals surface area contributed by atoms with Gasteiger partial charge in [-0.3, -0.25) is 4.52 Å². The fraction of sp³-hybridized carbons (Fsp3) is 0.538. The molecule has 26 heavy (non-hydrogen) atoms. The topological polar surface area (TPSA) is 169 Å². The van der Waals surface area contributed by atoms with Gasteiger partial charge in [0, 0.05) is 9.34 Å². The molecule has 140 valence electrons. The summed E-state index contributed by atoms with van der Waals surface area (Å²) in [5, 5.41) is 14.1. The zero-order chi connectivity index (χ0) is 19.3. The number of nitrogens with two attached hydrogens (primary N) is 1. The van der Waals surface area contributed by atoms with E-state index in [1.165, 1.54) is 17.0 Å². The summed E-state index contributed by atoms with van der Waals surface area (Å²) in [5.41, 5.74) is 4.20. The number of phosphoric ester groups is 1. The molecule has 11 nitrogen and oxygen atoms in total. The molecule has 0 aromatic carbocycles. The number of anilines is 1. The predicted octanol–water partition coefficient (Wildman–Crippen LogP) is 0.763. The average molecular weight is 494 g/mol. The highest BCUT2D eigenvalue weighted by Gasteiger charge is 2.63. The van der Waals surface area contributed by atoms with Crippen molar-refractivity contribution in [3.63, 3.8) is 0 Å². The van der Waals surface area contributed by atoms with Crippen molar-refractivity contribution < 1.29 is 23.6 Å². The molecule has 0 bridgehead atoms. The van der Waals surface area contributed by atoms with E-state index in [1.54, 1.807) is 0 Å². The molecule has 1 aliphatic heterocycles. The maximum Gasteiger partial charge on any atom is 0.469 e. The smallest absolute Gasteiger partial charge is 0.381 e. The Morgan fingerprint density at radius 3 is 2.85 bits per heavy atom. The zero-order valence-electron chi connectivity index (χ0n) is 13.8. The molecule has 0 spiro atoms. The number of rotatable bonds is 4. The Hall–Kier alpha value is -1.36. The molecule has 0 amide bonds. The van der Waals surface area contributed by atoms with E-state index in [0.717, 1.165) is 0 Å². The molecule has 4 N–H and O–H groups in total. The first kappa shape index (κ1) is 19.4. The molecule has 13 heteroatoms. The first-order valence-electron chi connectivity index (χ1n) is 7.41. The van der Waals surface area contributed by atoms with Gasteiger partial charge in [-0.25, -0.2) is 19.0 Å². The van der Waals surface area contributed by atoms with Gasteiger partial charge < -0.3 is 20.3 Å². The van der Waals surface area contributed by atoms with E-state index in [-0.39, 0.29) is 22.0 Å². The number of fused-ring (bicyclic) bond motifs is 1. The second-order valence-electron chi connectivity index (χ2n) is 6.38. The number of hydrogen-bond acceptors (Lipinski definition) is 8. The van der Waals surface area contributed by atoms with Crippen LogP contribution in [0.2, 0.25) is 0 Å². The average Bonchev–Trinajstić information content (AvgIpc) is 3.06. The van der Waals surface area contributed by atoms with E-state index in [4.69, 9.17) is 20.3 Å². The summed E-state index contributed by atoms with van der Waals surface area (Å²) in [6.45, 7) is 3.29. The molecule has 3 atom stereocenters. The Balaban J connectivity index is 2.09. The molecule has 3 heterocycles. The van der Waals surface area contributed by atoms with Gasteiger partial charge in [-0.1, -0.05) is 36.4 Å².